The van der Waals surface area contributed by atoms with E-state index in [1.807, 2.05) is 16.9 Å². The quantitative estimate of drug-likeness (QED) is 0.636. The molecule has 0 radical (unpaired) electrons. The van der Waals surface area contributed by atoms with Crippen molar-refractivity contribution in [1.82, 2.24) is 15.1 Å². The maximum atomic E-state index is 6.12. The summed E-state index contributed by atoms with van der Waals surface area (Å²) in [4.78, 5) is 0. The van der Waals surface area contributed by atoms with Crippen LogP contribution in [0.1, 0.15) is 46.1 Å². The van der Waals surface area contributed by atoms with Crippen molar-refractivity contribution in [3.8, 4) is 22.6 Å². The Balaban J connectivity index is 1.39. The van der Waals surface area contributed by atoms with E-state index < -0.39 is 0 Å². The Labute approximate surface area is 178 Å². The van der Waals surface area contributed by atoms with Crippen LogP contribution in [0.2, 0.25) is 0 Å². The van der Waals surface area contributed by atoms with Crippen LogP contribution in [0.25, 0.3) is 16.8 Å². The van der Waals surface area contributed by atoms with Gasteiger partial charge in [-0.3, -0.25) is 0 Å². The second-order valence-corrected chi connectivity index (χ2v) is 9.93. The zero-order valence-corrected chi connectivity index (χ0v) is 18.2. The molecule has 30 heavy (non-hydrogen) atoms. The highest BCUT2D eigenvalue weighted by molar-refractivity contribution is 5.78. The Bertz CT molecular complexity index is 1050. The number of benzene rings is 2. The molecule has 3 heterocycles. The van der Waals surface area contributed by atoms with Gasteiger partial charge in [-0.15, -0.1) is 0 Å². The van der Waals surface area contributed by atoms with E-state index in [0.29, 0.717) is 12.6 Å². The molecule has 1 saturated heterocycles. The van der Waals surface area contributed by atoms with Gasteiger partial charge in [-0.2, -0.15) is 5.10 Å². The molecule has 2 aromatic carbocycles. The summed E-state index contributed by atoms with van der Waals surface area (Å²) in [6, 6.07) is 15.3. The third-order valence-electron chi connectivity index (χ3n) is 6.07. The van der Waals surface area contributed by atoms with E-state index in [1.165, 1.54) is 16.8 Å². The fourth-order valence-corrected chi connectivity index (χ4v) is 5.30. The summed E-state index contributed by atoms with van der Waals surface area (Å²) < 4.78 is 7.98. The smallest absolute Gasteiger partial charge is 0.129 e. The molecule has 0 aliphatic carbocycles. The summed E-state index contributed by atoms with van der Waals surface area (Å²) in [5.74, 6) is 0.915. The second-order valence-electron chi connectivity index (χ2n) is 9.93. The molecule has 5 heteroatoms. The first-order valence-corrected chi connectivity index (χ1v) is 10.7. The van der Waals surface area contributed by atoms with Crippen molar-refractivity contribution >= 4 is 5.69 Å². The van der Waals surface area contributed by atoms with Crippen LogP contribution in [-0.2, 0) is 6.61 Å². The highest BCUT2D eigenvalue weighted by atomic mass is 16.5. The maximum absolute atomic E-state index is 6.12. The van der Waals surface area contributed by atoms with Crippen molar-refractivity contribution in [3.05, 3.63) is 60.4 Å². The lowest BCUT2D eigenvalue weighted by Crippen LogP contribution is -2.60. The Hall–Kier alpha value is -2.79. The molecule has 0 bridgehead atoms. The molecule has 0 saturated carbocycles. The van der Waals surface area contributed by atoms with Gasteiger partial charge >= 0.3 is 0 Å². The van der Waals surface area contributed by atoms with E-state index in [-0.39, 0.29) is 11.1 Å². The van der Waals surface area contributed by atoms with Gasteiger partial charge in [-0.25, -0.2) is 4.68 Å². The zero-order chi connectivity index (χ0) is 20.9. The number of rotatable bonds is 3. The van der Waals surface area contributed by atoms with Crippen molar-refractivity contribution in [2.24, 2.45) is 0 Å². The minimum atomic E-state index is 0.127. The van der Waals surface area contributed by atoms with Crippen molar-refractivity contribution in [3.63, 3.8) is 0 Å². The Morgan fingerprint density at radius 2 is 1.80 bits per heavy atom. The van der Waals surface area contributed by atoms with Gasteiger partial charge in [0.05, 0.1) is 5.69 Å². The number of hydrogen-bond acceptors (Lipinski definition) is 4. The first kappa shape index (κ1) is 19.2. The molecule has 2 aliphatic rings. The van der Waals surface area contributed by atoms with Crippen molar-refractivity contribution in [2.45, 2.75) is 64.3 Å². The summed E-state index contributed by atoms with van der Waals surface area (Å²) in [6.07, 6.45) is 5.93. The Morgan fingerprint density at radius 3 is 2.53 bits per heavy atom. The topological polar surface area (TPSA) is 51.1 Å². The molecule has 0 atom stereocenters. The van der Waals surface area contributed by atoms with Crippen LogP contribution in [0.3, 0.4) is 0 Å². The van der Waals surface area contributed by atoms with Crippen LogP contribution >= 0.6 is 0 Å². The third-order valence-corrected chi connectivity index (χ3v) is 6.07. The van der Waals surface area contributed by atoms with E-state index >= 15 is 0 Å². The second kappa shape index (κ2) is 6.88. The van der Waals surface area contributed by atoms with Gasteiger partial charge < -0.3 is 15.4 Å². The van der Waals surface area contributed by atoms with Crippen LogP contribution in [-0.4, -0.2) is 26.9 Å². The number of fused-ring (bicyclic) bond motifs is 3. The number of anilines is 1. The van der Waals surface area contributed by atoms with E-state index in [2.05, 4.69) is 79.8 Å². The fourth-order valence-electron chi connectivity index (χ4n) is 5.30. The van der Waals surface area contributed by atoms with E-state index in [9.17, 15) is 0 Å². The minimum absolute atomic E-state index is 0.127. The molecule has 156 valence electrons. The molecule has 0 spiro atoms. The van der Waals surface area contributed by atoms with Gasteiger partial charge in [0, 0.05) is 46.8 Å². The lowest BCUT2D eigenvalue weighted by atomic mass is 9.79. The van der Waals surface area contributed by atoms with Crippen molar-refractivity contribution < 1.29 is 4.74 Å². The average Bonchev–Trinajstić information content (AvgIpc) is 3.19. The van der Waals surface area contributed by atoms with Crippen LogP contribution in [0.5, 0.6) is 5.75 Å². The Morgan fingerprint density at radius 1 is 1.03 bits per heavy atom. The number of hydrogen-bond donors (Lipinski definition) is 2. The Kier molecular flexibility index (Phi) is 4.40. The molecule has 0 unspecified atom stereocenters. The highest BCUT2D eigenvalue weighted by Crippen LogP contribution is 2.40. The van der Waals surface area contributed by atoms with Crippen LogP contribution in [0.15, 0.2) is 54.9 Å². The van der Waals surface area contributed by atoms with E-state index in [0.717, 1.165) is 29.8 Å². The number of nitrogens with one attached hydrogen (secondary N) is 2. The first-order valence-electron chi connectivity index (χ1n) is 10.7. The summed E-state index contributed by atoms with van der Waals surface area (Å²) >= 11 is 0. The monoisotopic (exact) mass is 402 g/mol. The SMILES string of the molecule is CC1(C)CC(Nc2ccc3c(c2)COc2cc(-n4cccn4)ccc2-3)CC(C)(C)N1. The molecule has 2 N–H and O–H groups in total. The molecule has 1 aromatic heterocycles. The van der Waals surface area contributed by atoms with Gasteiger partial charge in [0.2, 0.25) is 0 Å². The zero-order valence-electron chi connectivity index (χ0n) is 18.2. The molecule has 3 aromatic rings. The number of nitrogens with zero attached hydrogens (tertiary/aromatic N) is 2. The minimum Gasteiger partial charge on any atom is -0.488 e. The predicted molar refractivity (Wildman–Crippen MR) is 121 cm³/mol. The standard InChI is InChI=1S/C25H30N4O/c1-24(2)14-19(15-25(3,4)28-24)27-18-6-8-21-17(12-18)16-30-23-13-20(7-9-22(21)23)29-11-5-10-26-29/h5-13,19,27-28H,14-16H2,1-4H3. The summed E-state index contributed by atoms with van der Waals surface area (Å²) in [5.41, 5.74) is 6.06. The third kappa shape index (κ3) is 3.70. The molecular formula is C25H30N4O. The maximum Gasteiger partial charge on any atom is 0.129 e. The van der Waals surface area contributed by atoms with Crippen molar-refractivity contribution in [1.29, 1.82) is 0 Å². The molecular weight excluding hydrogens is 372 g/mol. The molecule has 2 aliphatic heterocycles. The highest BCUT2D eigenvalue weighted by Gasteiger charge is 2.37. The molecule has 5 rings (SSSR count). The number of piperidine rings is 1. The summed E-state index contributed by atoms with van der Waals surface area (Å²) in [7, 11) is 0. The molecule has 5 nitrogen and oxygen atoms in total. The van der Waals surface area contributed by atoms with Gasteiger partial charge in [-0.05, 0) is 82.0 Å². The van der Waals surface area contributed by atoms with Gasteiger partial charge in [0.15, 0.2) is 0 Å². The van der Waals surface area contributed by atoms with Gasteiger partial charge in [-0.1, -0.05) is 6.07 Å². The van der Waals surface area contributed by atoms with Crippen LogP contribution in [0.4, 0.5) is 5.69 Å². The van der Waals surface area contributed by atoms with Crippen molar-refractivity contribution in [2.75, 3.05) is 5.32 Å². The number of aromatic nitrogens is 2. The van der Waals surface area contributed by atoms with Crippen LogP contribution in [0, 0.1) is 0 Å². The van der Waals surface area contributed by atoms with Gasteiger partial charge in [0.1, 0.15) is 12.4 Å². The number of ether oxygens (including phenoxy) is 1. The summed E-state index contributed by atoms with van der Waals surface area (Å²) in [6.45, 7) is 9.74. The van der Waals surface area contributed by atoms with E-state index in [4.69, 9.17) is 4.74 Å². The first-order chi connectivity index (χ1) is 14.3. The largest absolute Gasteiger partial charge is 0.488 e. The lowest BCUT2D eigenvalue weighted by molar-refractivity contribution is 0.170. The molecule has 1 fully saturated rings. The normalized spacial score (nSPS) is 19.5. The molecule has 0 amide bonds. The fraction of sp³-hybridized carbons (Fsp3) is 0.400. The lowest BCUT2D eigenvalue weighted by Gasteiger charge is -2.47. The summed E-state index contributed by atoms with van der Waals surface area (Å²) in [5, 5.41) is 11.9. The predicted octanol–water partition coefficient (Wildman–Crippen LogP) is 5.15. The van der Waals surface area contributed by atoms with Gasteiger partial charge in [0.25, 0.3) is 0 Å². The van der Waals surface area contributed by atoms with E-state index in [1.54, 1.807) is 6.20 Å². The van der Waals surface area contributed by atoms with Crippen LogP contribution < -0.4 is 15.4 Å². The average molecular weight is 403 g/mol.